The number of carbonyl (C=O) groups excluding carboxylic acids is 5. The van der Waals surface area contributed by atoms with Crippen LogP contribution in [-0.2, 0) is 24.0 Å². The molecule has 2 saturated heterocycles. The van der Waals surface area contributed by atoms with Gasteiger partial charge in [-0.25, -0.2) is 14.6 Å². The first kappa shape index (κ1) is 25.1. The summed E-state index contributed by atoms with van der Waals surface area (Å²) in [7, 11) is 0. The predicted molar refractivity (Wildman–Crippen MR) is 148 cm³/mol. The predicted octanol–water partition coefficient (Wildman–Crippen LogP) is 4.01. The number of para-hydroxylation sites is 3. The highest BCUT2D eigenvalue weighted by Crippen LogP contribution is 2.61. The topological polar surface area (TPSA) is 101 Å². The molecule has 41 heavy (non-hydrogen) atoms. The Morgan fingerprint density at radius 2 is 1.02 bits per heavy atom. The van der Waals surface area contributed by atoms with E-state index < -0.39 is 65.1 Å². The van der Waals surface area contributed by atoms with Gasteiger partial charge in [-0.15, -0.1) is 0 Å². The van der Waals surface area contributed by atoms with Gasteiger partial charge < -0.3 is 4.74 Å². The third kappa shape index (κ3) is 3.49. The van der Waals surface area contributed by atoms with Gasteiger partial charge in [-0.3, -0.25) is 19.2 Å². The highest BCUT2D eigenvalue weighted by Gasteiger charge is 2.71. The van der Waals surface area contributed by atoms with E-state index in [1.165, 1.54) is 9.80 Å². The summed E-state index contributed by atoms with van der Waals surface area (Å²) in [6, 6.07) is 22.7. The second-order valence-corrected chi connectivity index (χ2v) is 11.1. The molecule has 3 aliphatic carbocycles. The minimum Gasteiger partial charge on any atom is -0.423 e. The van der Waals surface area contributed by atoms with E-state index in [4.69, 9.17) is 4.74 Å². The maximum Gasteiger partial charge on any atom is 0.339 e. The van der Waals surface area contributed by atoms with Crippen LogP contribution >= 0.6 is 0 Å². The number of amides is 4. The van der Waals surface area contributed by atoms with E-state index in [1.54, 1.807) is 60.7 Å². The zero-order valence-corrected chi connectivity index (χ0v) is 22.4. The Hall–Kier alpha value is -4.85. The van der Waals surface area contributed by atoms with E-state index in [1.807, 2.05) is 38.1 Å². The van der Waals surface area contributed by atoms with Gasteiger partial charge in [0.25, 0.3) is 0 Å². The van der Waals surface area contributed by atoms with Crippen LogP contribution in [0.25, 0.3) is 0 Å². The highest BCUT2D eigenvalue weighted by molar-refractivity contribution is 6.27. The van der Waals surface area contributed by atoms with E-state index in [-0.39, 0.29) is 5.57 Å². The highest BCUT2D eigenvalue weighted by atomic mass is 16.5. The van der Waals surface area contributed by atoms with Gasteiger partial charge in [0, 0.05) is 17.4 Å². The summed E-state index contributed by atoms with van der Waals surface area (Å²) >= 11 is 0. The summed E-state index contributed by atoms with van der Waals surface area (Å²) in [5.41, 5.74) is 2.59. The third-order valence-electron chi connectivity index (χ3n) is 9.03. The van der Waals surface area contributed by atoms with Crippen LogP contribution in [0.5, 0.6) is 5.75 Å². The first-order valence-corrected chi connectivity index (χ1v) is 13.7. The molecule has 1 saturated carbocycles. The molecular formula is C33H26N2O6. The molecule has 8 nitrogen and oxygen atoms in total. The van der Waals surface area contributed by atoms with Gasteiger partial charge in [0.15, 0.2) is 0 Å². The molecule has 8 rings (SSSR count). The van der Waals surface area contributed by atoms with Gasteiger partial charge in [-0.1, -0.05) is 60.7 Å². The van der Waals surface area contributed by atoms with Gasteiger partial charge >= 0.3 is 5.97 Å². The van der Waals surface area contributed by atoms with Crippen molar-refractivity contribution in [3.05, 3.63) is 102 Å². The van der Waals surface area contributed by atoms with Crippen LogP contribution in [-0.4, -0.2) is 29.6 Å². The largest absolute Gasteiger partial charge is 0.423 e. The smallest absolute Gasteiger partial charge is 0.339 e. The zero-order valence-electron chi connectivity index (χ0n) is 22.4. The van der Waals surface area contributed by atoms with Crippen molar-refractivity contribution in [1.29, 1.82) is 0 Å². The summed E-state index contributed by atoms with van der Waals surface area (Å²) in [6.07, 6.45) is 1.62. The molecule has 3 fully saturated rings. The fourth-order valence-corrected chi connectivity index (χ4v) is 7.31. The van der Waals surface area contributed by atoms with Crippen molar-refractivity contribution in [2.45, 2.75) is 13.8 Å². The first-order valence-electron chi connectivity index (χ1n) is 13.7. The maximum atomic E-state index is 14.1. The lowest BCUT2D eigenvalue weighted by Gasteiger charge is -2.46. The van der Waals surface area contributed by atoms with Crippen LogP contribution in [0.2, 0.25) is 0 Å². The quantitative estimate of drug-likeness (QED) is 0.279. The van der Waals surface area contributed by atoms with E-state index in [0.29, 0.717) is 17.1 Å². The average molecular weight is 547 g/mol. The molecule has 3 aromatic carbocycles. The lowest BCUT2D eigenvalue weighted by Crippen LogP contribution is -2.53. The van der Waals surface area contributed by atoms with Crippen LogP contribution in [0.1, 0.15) is 11.1 Å². The molecule has 8 heteroatoms. The minimum absolute atomic E-state index is 0.168. The molecule has 2 heterocycles. The number of aryl methyl sites for hydroxylation is 2. The summed E-state index contributed by atoms with van der Waals surface area (Å²) in [5, 5.41) is 0. The van der Waals surface area contributed by atoms with E-state index >= 15 is 0 Å². The Balaban J connectivity index is 1.35. The molecule has 0 unspecified atom stereocenters. The normalized spacial score (nSPS) is 28.1. The lowest BCUT2D eigenvalue weighted by atomic mass is 9.52. The number of rotatable bonds is 4. The number of carbonyl (C=O) groups is 5. The molecular weight excluding hydrogens is 520 g/mol. The van der Waals surface area contributed by atoms with Crippen LogP contribution in [0.3, 0.4) is 0 Å². The number of nitrogens with zero attached hydrogens (tertiary/aromatic N) is 2. The Bertz CT molecular complexity index is 1600. The molecule has 0 spiro atoms. The second kappa shape index (κ2) is 9.09. The zero-order chi connectivity index (χ0) is 28.6. The van der Waals surface area contributed by atoms with Crippen molar-refractivity contribution in [3.63, 3.8) is 0 Å². The minimum atomic E-state index is -0.984. The molecule has 4 atom stereocenters. The summed E-state index contributed by atoms with van der Waals surface area (Å²) in [6.45, 7) is 3.63. The van der Waals surface area contributed by atoms with E-state index in [9.17, 15) is 24.0 Å². The molecule has 4 amide bonds. The van der Waals surface area contributed by atoms with Gasteiger partial charge in [-0.2, -0.15) is 0 Å². The van der Waals surface area contributed by atoms with Crippen molar-refractivity contribution < 1.29 is 28.7 Å². The molecule has 0 N–H and O–H groups in total. The number of ether oxygens (including phenoxy) is 1. The van der Waals surface area contributed by atoms with E-state index in [2.05, 4.69) is 0 Å². The van der Waals surface area contributed by atoms with Crippen molar-refractivity contribution in [2.75, 3.05) is 9.80 Å². The van der Waals surface area contributed by atoms with Crippen molar-refractivity contribution in [3.8, 4) is 5.75 Å². The SMILES string of the molecule is Cc1ccccc1N1C(=O)[C@@H]2C3C=C(C(=O)Oc4ccccc4)C([C@@H]2C1=O)[C@@H]1C(=O)N(c2ccccc2C)C(=O)[C@H]31. The average Bonchev–Trinajstić information content (AvgIpc) is 3.40. The monoisotopic (exact) mass is 546 g/mol. The summed E-state index contributed by atoms with van der Waals surface area (Å²) < 4.78 is 5.66. The molecule has 3 aromatic rings. The molecule has 5 aliphatic rings. The molecule has 204 valence electrons. The third-order valence-corrected chi connectivity index (χ3v) is 9.03. The van der Waals surface area contributed by atoms with Crippen LogP contribution in [0.15, 0.2) is 90.5 Å². The molecule has 2 aliphatic heterocycles. The maximum absolute atomic E-state index is 14.1. The van der Waals surface area contributed by atoms with E-state index in [0.717, 1.165) is 11.1 Å². The number of benzene rings is 3. The molecule has 0 aromatic heterocycles. The van der Waals surface area contributed by atoms with Gasteiger partial charge in [0.1, 0.15) is 5.75 Å². The Morgan fingerprint density at radius 3 is 1.51 bits per heavy atom. The number of hydrogen-bond acceptors (Lipinski definition) is 6. The fourth-order valence-electron chi connectivity index (χ4n) is 7.31. The number of esters is 1. The van der Waals surface area contributed by atoms with Crippen LogP contribution < -0.4 is 14.5 Å². The van der Waals surface area contributed by atoms with Crippen molar-refractivity contribution in [1.82, 2.24) is 0 Å². The Labute approximate surface area is 236 Å². The van der Waals surface area contributed by atoms with Gasteiger partial charge in [-0.05, 0) is 49.2 Å². The second-order valence-electron chi connectivity index (χ2n) is 11.1. The number of allylic oxidation sites excluding steroid dienone is 1. The summed E-state index contributed by atoms with van der Waals surface area (Å²) in [5.74, 6) is -7.59. The number of anilines is 2. The van der Waals surface area contributed by atoms with Crippen molar-refractivity contribution >= 4 is 41.0 Å². The van der Waals surface area contributed by atoms with Gasteiger partial charge in [0.2, 0.25) is 23.6 Å². The fraction of sp³-hybridized carbons (Fsp3) is 0.242. The molecule has 0 radical (unpaired) electrons. The van der Waals surface area contributed by atoms with Gasteiger partial charge in [0.05, 0.1) is 35.0 Å². The molecule has 2 bridgehead atoms. The standard InChI is InChI=1S/C33H26N2O6/c1-17-10-6-8-14-22(17)34-29(36)25-20-16-21(33(40)41-19-12-4-3-5-13-19)24(27(25)31(34)38)28-26(20)30(37)35(32(28)39)23-15-9-7-11-18(23)2/h3-16,20,24-28H,1-2H3/t20?,24?,25-,26-,27+,28+/m1/s1. The number of hydrogen-bond donors (Lipinski definition) is 0. The summed E-state index contributed by atoms with van der Waals surface area (Å²) in [4.78, 5) is 72.2. The first-order chi connectivity index (χ1) is 19.8. The van der Waals surface area contributed by atoms with Crippen molar-refractivity contribution in [2.24, 2.45) is 35.5 Å². The number of imide groups is 2. The Kier molecular flexibility index (Phi) is 5.57. The van der Waals surface area contributed by atoms with Crippen LogP contribution in [0, 0.1) is 49.4 Å². The lowest BCUT2D eigenvalue weighted by molar-refractivity contribution is -0.142. The Morgan fingerprint density at radius 1 is 0.585 bits per heavy atom. The van der Waals surface area contributed by atoms with Crippen LogP contribution in [0.4, 0.5) is 11.4 Å².